The van der Waals surface area contributed by atoms with Crippen LogP contribution in [0.4, 0.5) is 4.39 Å². The molecule has 3 rings (SSSR count). The highest BCUT2D eigenvalue weighted by Crippen LogP contribution is 2.25. The van der Waals surface area contributed by atoms with E-state index in [9.17, 15) is 4.39 Å². The number of hydrogen-bond donors (Lipinski definition) is 0. The second-order valence-electron chi connectivity index (χ2n) is 7.08. The van der Waals surface area contributed by atoms with E-state index in [0.29, 0.717) is 17.1 Å². The Morgan fingerprint density at radius 2 is 2.09 bits per heavy atom. The number of fused-ring (bicyclic) bond motifs is 1. The molecule has 23 heavy (non-hydrogen) atoms. The van der Waals surface area contributed by atoms with Crippen molar-refractivity contribution in [2.75, 3.05) is 6.54 Å². The number of nitrogens with zero attached hydrogens (tertiary/aromatic N) is 3. The van der Waals surface area contributed by atoms with E-state index in [1.54, 1.807) is 12.1 Å². The molecular weight excluding hydrogens is 313 g/mol. The Balaban J connectivity index is 1.79. The first kappa shape index (κ1) is 16.3. The Morgan fingerprint density at radius 1 is 1.30 bits per heavy atom. The van der Waals surface area contributed by atoms with Crippen molar-refractivity contribution in [1.82, 2.24) is 14.9 Å². The molecule has 0 N–H and O–H groups in total. The minimum Gasteiger partial charge on any atom is -0.294 e. The van der Waals surface area contributed by atoms with E-state index >= 15 is 0 Å². The van der Waals surface area contributed by atoms with Crippen molar-refractivity contribution in [3.8, 4) is 0 Å². The summed E-state index contributed by atoms with van der Waals surface area (Å²) in [6, 6.07) is 4.82. The van der Waals surface area contributed by atoms with Crippen LogP contribution in [0.5, 0.6) is 0 Å². The second-order valence-corrected chi connectivity index (χ2v) is 7.48. The predicted molar refractivity (Wildman–Crippen MR) is 90.0 cm³/mol. The third kappa shape index (κ3) is 3.54. The van der Waals surface area contributed by atoms with Gasteiger partial charge >= 0.3 is 0 Å². The minimum absolute atomic E-state index is 0.0488. The Labute approximate surface area is 141 Å². The van der Waals surface area contributed by atoms with Gasteiger partial charge < -0.3 is 0 Å². The standard InChI is InChI=1S/C18H21ClFN3/c1-18(2,3)17-21-9-12-10-23(8-7-16(12)22-17)11-13-14(19)5-4-6-15(13)20/h4-6,9H,7-8,10-11H2,1-3H3. The van der Waals surface area contributed by atoms with E-state index in [0.717, 1.165) is 36.6 Å². The lowest BCUT2D eigenvalue weighted by atomic mass is 9.95. The highest BCUT2D eigenvalue weighted by Gasteiger charge is 2.23. The quantitative estimate of drug-likeness (QED) is 0.827. The van der Waals surface area contributed by atoms with E-state index in [-0.39, 0.29) is 11.2 Å². The van der Waals surface area contributed by atoms with Gasteiger partial charge in [-0.3, -0.25) is 4.90 Å². The average Bonchev–Trinajstić information content (AvgIpc) is 2.49. The molecule has 3 nitrogen and oxygen atoms in total. The lowest BCUT2D eigenvalue weighted by molar-refractivity contribution is 0.239. The van der Waals surface area contributed by atoms with Crippen molar-refractivity contribution in [2.45, 2.75) is 45.7 Å². The number of halogens is 2. The fourth-order valence-electron chi connectivity index (χ4n) is 2.78. The number of rotatable bonds is 2. The van der Waals surface area contributed by atoms with Gasteiger partial charge in [0.1, 0.15) is 11.6 Å². The SMILES string of the molecule is CC(C)(C)c1ncc2c(n1)CCN(Cc1c(F)cccc1Cl)C2. The zero-order valence-corrected chi connectivity index (χ0v) is 14.5. The van der Waals surface area contributed by atoms with Gasteiger partial charge in [0.2, 0.25) is 0 Å². The van der Waals surface area contributed by atoms with Crippen LogP contribution >= 0.6 is 11.6 Å². The molecule has 0 radical (unpaired) electrons. The van der Waals surface area contributed by atoms with Crippen LogP contribution in [0.15, 0.2) is 24.4 Å². The molecule has 1 aromatic heterocycles. The molecule has 0 aliphatic carbocycles. The Kier molecular flexibility index (Phi) is 4.39. The normalized spacial score (nSPS) is 15.5. The molecule has 5 heteroatoms. The summed E-state index contributed by atoms with van der Waals surface area (Å²) in [7, 11) is 0. The second kappa shape index (κ2) is 6.17. The van der Waals surface area contributed by atoms with E-state index in [1.165, 1.54) is 6.07 Å². The molecule has 0 atom stereocenters. The predicted octanol–water partition coefficient (Wildman–Crippen LogP) is 4.12. The van der Waals surface area contributed by atoms with Gasteiger partial charge in [-0.15, -0.1) is 0 Å². The van der Waals surface area contributed by atoms with Crippen LogP contribution in [-0.4, -0.2) is 21.4 Å². The fraction of sp³-hybridized carbons (Fsp3) is 0.444. The molecule has 0 saturated heterocycles. The maximum atomic E-state index is 13.9. The van der Waals surface area contributed by atoms with Crippen molar-refractivity contribution < 1.29 is 4.39 Å². The summed E-state index contributed by atoms with van der Waals surface area (Å²) in [6.07, 6.45) is 2.77. The maximum absolute atomic E-state index is 13.9. The smallest absolute Gasteiger partial charge is 0.133 e. The van der Waals surface area contributed by atoms with E-state index in [1.807, 2.05) is 6.20 Å². The monoisotopic (exact) mass is 333 g/mol. The van der Waals surface area contributed by atoms with Gasteiger partial charge in [0.15, 0.2) is 0 Å². The molecule has 2 heterocycles. The van der Waals surface area contributed by atoms with Crippen molar-refractivity contribution in [1.29, 1.82) is 0 Å². The summed E-state index contributed by atoms with van der Waals surface area (Å²) >= 11 is 6.13. The molecule has 0 amide bonds. The molecule has 1 aromatic carbocycles. The van der Waals surface area contributed by atoms with Gasteiger partial charge in [-0.2, -0.15) is 0 Å². The van der Waals surface area contributed by atoms with Gasteiger partial charge in [-0.05, 0) is 12.1 Å². The highest BCUT2D eigenvalue weighted by molar-refractivity contribution is 6.31. The topological polar surface area (TPSA) is 29.0 Å². The summed E-state index contributed by atoms with van der Waals surface area (Å²) in [5, 5.41) is 0.482. The summed E-state index contributed by atoms with van der Waals surface area (Å²) in [5.41, 5.74) is 2.75. The molecule has 122 valence electrons. The molecule has 0 spiro atoms. The van der Waals surface area contributed by atoms with Gasteiger partial charge in [-0.1, -0.05) is 38.4 Å². The van der Waals surface area contributed by atoms with Crippen molar-refractivity contribution in [2.24, 2.45) is 0 Å². The molecule has 0 bridgehead atoms. The van der Waals surface area contributed by atoms with Gasteiger partial charge in [0.05, 0.1) is 0 Å². The van der Waals surface area contributed by atoms with E-state index < -0.39 is 0 Å². The zero-order valence-electron chi connectivity index (χ0n) is 13.7. The molecule has 1 aliphatic rings. The average molecular weight is 334 g/mol. The molecule has 0 unspecified atom stereocenters. The first-order valence-electron chi connectivity index (χ1n) is 7.85. The van der Waals surface area contributed by atoms with Crippen molar-refractivity contribution >= 4 is 11.6 Å². The fourth-order valence-corrected chi connectivity index (χ4v) is 3.00. The molecule has 0 fully saturated rings. The van der Waals surface area contributed by atoms with Crippen LogP contribution in [-0.2, 0) is 24.9 Å². The largest absolute Gasteiger partial charge is 0.294 e. The van der Waals surface area contributed by atoms with Crippen LogP contribution in [0.1, 0.15) is 43.4 Å². The number of aromatic nitrogens is 2. The summed E-state index contributed by atoms with van der Waals surface area (Å²) < 4.78 is 13.9. The summed E-state index contributed by atoms with van der Waals surface area (Å²) in [6.45, 7) is 8.42. The van der Waals surface area contributed by atoms with Gasteiger partial charge in [0, 0.05) is 59.5 Å². The summed E-state index contributed by atoms with van der Waals surface area (Å²) in [4.78, 5) is 11.4. The van der Waals surface area contributed by atoms with Crippen LogP contribution in [0.3, 0.4) is 0 Å². The first-order chi connectivity index (χ1) is 10.8. The first-order valence-corrected chi connectivity index (χ1v) is 8.23. The third-order valence-corrected chi connectivity index (χ3v) is 4.48. The van der Waals surface area contributed by atoms with Gasteiger partial charge in [-0.25, -0.2) is 14.4 Å². The summed E-state index contributed by atoms with van der Waals surface area (Å²) in [5.74, 6) is 0.629. The minimum atomic E-state index is -0.248. The number of benzene rings is 1. The third-order valence-electron chi connectivity index (χ3n) is 4.13. The Bertz CT molecular complexity index is 704. The van der Waals surface area contributed by atoms with Crippen LogP contribution in [0.25, 0.3) is 0 Å². The zero-order chi connectivity index (χ0) is 16.6. The highest BCUT2D eigenvalue weighted by atomic mass is 35.5. The van der Waals surface area contributed by atoms with Crippen LogP contribution in [0.2, 0.25) is 5.02 Å². The molecular formula is C18H21ClFN3. The van der Waals surface area contributed by atoms with Crippen LogP contribution < -0.4 is 0 Å². The molecule has 0 saturated carbocycles. The van der Waals surface area contributed by atoms with Crippen molar-refractivity contribution in [3.05, 3.63) is 57.9 Å². The molecule has 2 aromatic rings. The van der Waals surface area contributed by atoms with Gasteiger partial charge in [0.25, 0.3) is 0 Å². The van der Waals surface area contributed by atoms with E-state index in [4.69, 9.17) is 16.6 Å². The molecule has 1 aliphatic heterocycles. The van der Waals surface area contributed by atoms with Crippen molar-refractivity contribution in [3.63, 3.8) is 0 Å². The number of hydrogen-bond acceptors (Lipinski definition) is 3. The van der Waals surface area contributed by atoms with Crippen LogP contribution in [0, 0.1) is 5.82 Å². The maximum Gasteiger partial charge on any atom is 0.133 e. The lowest BCUT2D eigenvalue weighted by Crippen LogP contribution is -2.32. The lowest BCUT2D eigenvalue weighted by Gasteiger charge is -2.29. The Hall–Kier alpha value is -1.52. The Morgan fingerprint density at radius 3 is 2.78 bits per heavy atom. The van der Waals surface area contributed by atoms with E-state index in [2.05, 4.69) is 30.7 Å².